The Hall–Kier alpha value is -2.40. The van der Waals surface area contributed by atoms with Gasteiger partial charge in [0, 0.05) is 11.6 Å². The van der Waals surface area contributed by atoms with Crippen LogP contribution in [0.15, 0.2) is 42.5 Å². The zero-order chi connectivity index (χ0) is 17.4. The fourth-order valence-corrected chi connectivity index (χ4v) is 2.22. The molecule has 0 spiro atoms. The Labute approximate surface area is 146 Å². The van der Waals surface area contributed by atoms with E-state index < -0.39 is 0 Å². The lowest BCUT2D eigenvalue weighted by molar-refractivity contribution is 0.250. The largest absolute Gasteiger partial charge is 0.495 e. The molecule has 0 aromatic heterocycles. The highest BCUT2D eigenvalue weighted by Crippen LogP contribution is 2.27. The van der Waals surface area contributed by atoms with E-state index in [2.05, 4.69) is 10.6 Å². The van der Waals surface area contributed by atoms with Crippen LogP contribution >= 0.6 is 11.6 Å². The molecule has 0 aliphatic heterocycles. The number of benzene rings is 2. The summed E-state index contributed by atoms with van der Waals surface area (Å²) in [7, 11) is 1.54. The maximum Gasteiger partial charge on any atom is 0.319 e. The molecule has 0 bridgehead atoms. The van der Waals surface area contributed by atoms with Crippen molar-refractivity contribution in [3.8, 4) is 11.5 Å². The molecule has 2 N–H and O–H groups in total. The van der Waals surface area contributed by atoms with Crippen molar-refractivity contribution in [1.82, 2.24) is 5.32 Å². The number of hydrogen-bond acceptors (Lipinski definition) is 3. The monoisotopic (exact) mass is 348 g/mol. The fourth-order valence-electron chi connectivity index (χ4n) is 2.04. The maximum atomic E-state index is 11.9. The van der Waals surface area contributed by atoms with E-state index in [9.17, 15) is 4.79 Å². The summed E-state index contributed by atoms with van der Waals surface area (Å²) in [6, 6.07) is 12.6. The first-order chi connectivity index (χ1) is 11.6. The second-order valence-electron chi connectivity index (χ2n) is 5.24. The van der Waals surface area contributed by atoms with Gasteiger partial charge in [-0.25, -0.2) is 4.79 Å². The Morgan fingerprint density at radius 3 is 2.62 bits per heavy atom. The van der Waals surface area contributed by atoms with Crippen molar-refractivity contribution in [2.45, 2.75) is 13.3 Å². The SMILES string of the molecule is COc1ccc(Cl)cc1NC(=O)NCCCOc1ccc(C)cc1. The van der Waals surface area contributed by atoms with Gasteiger partial charge in [-0.2, -0.15) is 0 Å². The summed E-state index contributed by atoms with van der Waals surface area (Å²) in [6.07, 6.45) is 0.702. The quantitative estimate of drug-likeness (QED) is 0.735. The number of carbonyl (C=O) groups excluding carboxylic acids is 1. The van der Waals surface area contributed by atoms with Gasteiger partial charge in [0.15, 0.2) is 0 Å². The average Bonchev–Trinajstić information content (AvgIpc) is 2.56. The number of aryl methyl sites for hydroxylation is 1. The molecule has 0 heterocycles. The highest BCUT2D eigenvalue weighted by molar-refractivity contribution is 6.31. The summed E-state index contributed by atoms with van der Waals surface area (Å²) in [5.41, 5.74) is 1.72. The lowest BCUT2D eigenvalue weighted by atomic mass is 10.2. The molecular weight excluding hydrogens is 328 g/mol. The number of urea groups is 1. The zero-order valence-electron chi connectivity index (χ0n) is 13.8. The molecule has 0 unspecified atom stereocenters. The number of methoxy groups -OCH3 is 1. The average molecular weight is 349 g/mol. The Balaban J connectivity index is 1.70. The van der Waals surface area contributed by atoms with Crippen molar-refractivity contribution in [2.75, 3.05) is 25.6 Å². The Bertz CT molecular complexity index is 674. The molecule has 6 heteroatoms. The van der Waals surface area contributed by atoms with E-state index in [1.54, 1.807) is 18.2 Å². The van der Waals surface area contributed by atoms with E-state index in [0.717, 1.165) is 5.75 Å². The Morgan fingerprint density at radius 2 is 1.92 bits per heavy atom. The molecule has 2 aromatic rings. The van der Waals surface area contributed by atoms with Crippen LogP contribution < -0.4 is 20.1 Å². The standard InChI is InChI=1S/C18H21ClN2O3/c1-13-4-7-15(8-5-13)24-11-3-10-20-18(22)21-16-12-14(19)6-9-17(16)23-2/h4-9,12H,3,10-11H2,1-2H3,(H2,20,21,22). The first-order valence-electron chi connectivity index (χ1n) is 7.66. The predicted octanol–water partition coefficient (Wildman–Crippen LogP) is 4.25. The molecule has 0 radical (unpaired) electrons. The van der Waals surface area contributed by atoms with Crippen LogP contribution in [0.4, 0.5) is 10.5 Å². The molecule has 0 saturated heterocycles. The number of anilines is 1. The van der Waals surface area contributed by atoms with Gasteiger partial charge >= 0.3 is 6.03 Å². The van der Waals surface area contributed by atoms with Crippen molar-refractivity contribution in [2.24, 2.45) is 0 Å². The summed E-state index contributed by atoms with van der Waals surface area (Å²) in [5, 5.41) is 6.01. The van der Waals surface area contributed by atoms with Crippen molar-refractivity contribution in [3.05, 3.63) is 53.1 Å². The Morgan fingerprint density at radius 1 is 1.17 bits per heavy atom. The zero-order valence-corrected chi connectivity index (χ0v) is 14.5. The van der Waals surface area contributed by atoms with Gasteiger partial charge in [-0.3, -0.25) is 0 Å². The minimum atomic E-state index is -0.314. The summed E-state index contributed by atoms with van der Waals surface area (Å²) in [4.78, 5) is 11.9. The first kappa shape index (κ1) is 17.9. The van der Waals surface area contributed by atoms with Crippen LogP contribution in [0, 0.1) is 6.92 Å². The van der Waals surface area contributed by atoms with E-state index in [0.29, 0.717) is 36.0 Å². The van der Waals surface area contributed by atoms with Crippen molar-refractivity contribution < 1.29 is 14.3 Å². The fraction of sp³-hybridized carbons (Fsp3) is 0.278. The lowest BCUT2D eigenvalue weighted by Crippen LogP contribution is -2.30. The number of carbonyl (C=O) groups is 1. The second kappa shape index (κ2) is 9.03. The van der Waals surface area contributed by atoms with Crippen molar-refractivity contribution in [1.29, 1.82) is 0 Å². The van der Waals surface area contributed by atoms with Gasteiger partial charge in [0.2, 0.25) is 0 Å². The first-order valence-corrected chi connectivity index (χ1v) is 8.04. The predicted molar refractivity (Wildman–Crippen MR) is 96.3 cm³/mol. The molecule has 24 heavy (non-hydrogen) atoms. The molecule has 128 valence electrons. The molecule has 2 amide bonds. The molecule has 0 atom stereocenters. The van der Waals surface area contributed by atoms with E-state index in [1.807, 2.05) is 31.2 Å². The van der Waals surface area contributed by atoms with Crippen molar-refractivity contribution in [3.63, 3.8) is 0 Å². The third-order valence-corrected chi connectivity index (χ3v) is 3.54. The van der Waals surface area contributed by atoms with Gasteiger partial charge in [-0.15, -0.1) is 0 Å². The molecule has 2 aromatic carbocycles. The van der Waals surface area contributed by atoms with Crippen LogP contribution in [-0.2, 0) is 0 Å². The molecule has 0 aliphatic rings. The van der Waals surface area contributed by atoms with Gasteiger partial charge in [-0.1, -0.05) is 29.3 Å². The van der Waals surface area contributed by atoms with Crippen LogP contribution in [0.3, 0.4) is 0 Å². The number of ether oxygens (including phenoxy) is 2. The van der Waals surface area contributed by atoms with E-state index >= 15 is 0 Å². The summed E-state index contributed by atoms with van der Waals surface area (Å²) >= 11 is 5.93. The third-order valence-electron chi connectivity index (χ3n) is 3.31. The minimum absolute atomic E-state index is 0.314. The van der Waals surface area contributed by atoms with Crippen molar-refractivity contribution >= 4 is 23.3 Å². The van der Waals surface area contributed by atoms with Crippen LogP contribution in [0.2, 0.25) is 5.02 Å². The maximum absolute atomic E-state index is 11.9. The second-order valence-corrected chi connectivity index (χ2v) is 5.68. The number of halogens is 1. The van der Waals surface area contributed by atoms with Crippen LogP contribution in [-0.4, -0.2) is 26.3 Å². The highest BCUT2D eigenvalue weighted by atomic mass is 35.5. The molecule has 0 fully saturated rings. The highest BCUT2D eigenvalue weighted by Gasteiger charge is 2.07. The van der Waals surface area contributed by atoms with Gasteiger partial charge in [0.05, 0.1) is 19.4 Å². The normalized spacial score (nSPS) is 10.1. The smallest absolute Gasteiger partial charge is 0.319 e. The number of hydrogen-bond donors (Lipinski definition) is 2. The summed E-state index contributed by atoms with van der Waals surface area (Å²) in [6.45, 7) is 3.06. The Kier molecular flexibility index (Phi) is 6.75. The molecule has 2 rings (SSSR count). The van der Waals surface area contributed by atoms with Crippen LogP contribution in [0.1, 0.15) is 12.0 Å². The van der Waals surface area contributed by atoms with Gasteiger partial charge in [-0.05, 0) is 43.7 Å². The van der Waals surface area contributed by atoms with Gasteiger partial charge in [0.1, 0.15) is 11.5 Å². The minimum Gasteiger partial charge on any atom is -0.495 e. The van der Waals surface area contributed by atoms with E-state index in [1.165, 1.54) is 12.7 Å². The topological polar surface area (TPSA) is 59.6 Å². The third kappa shape index (κ3) is 5.66. The number of nitrogens with one attached hydrogen (secondary N) is 2. The van der Waals surface area contributed by atoms with E-state index in [-0.39, 0.29) is 6.03 Å². The van der Waals surface area contributed by atoms with Crippen LogP contribution in [0.5, 0.6) is 11.5 Å². The summed E-state index contributed by atoms with van der Waals surface area (Å²) < 4.78 is 10.8. The number of rotatable bonds is 7. The van der Waals surface area contributed by atoms with Gasteiger partial charge in [0.25, 0.3) is 0 Å². The lowest BCUT2D eigenvalue weighted by Gasteiger charge is -2.12. The molecule has 0 aliphatic carbocycles. The summed E-state index contributed by atoms with van der Waals surface area (Å²) in [5.74, 6) is 1.38. The number of amides is 2. The van der Waals surface area contributed by atoms with Crippen LogP contribution in [0.25, 0.3) is 0 Å². The van der Waals surface area contributed by atoms with Gasteiger partial charge < -0.3 is 20.1 Å². The molecule has 0 saturated carbocycles. The molecular formula is C18H21ClN2O3. The van der Waals surface area contributed by atoms with E-state index in [4.69, 9.17) is 21.1 Å². The molecule has 5 nitrogen and oxygen atoms in total.